The van der Waals surface area contributed by atoms with Gasteiger partial charge >= 0.3 is 0 Å². The van der Waals surface area contributed by atoms with E-state index in [0.717, 1.165) is 56.4 Å². The molecule has 2 aliphatic rings. The average molecular weight is 446 g/mol. The second kappa shape index (κ2) is 9.75. The third-order valence-corrected chi connectivity index (χ3v) is 6.93. The summed E-state index contributed by atoms with van der Waals surface area (Å²) in [5.41, 5.74) is 2.70. The lowest BCUT2D eigenvalue weighted by Crippen LogP contribution is -2.48. The minimum atomic E-state index is -0.168. The zero-order chi connectivity index (χ0) is 22.6. The number of para-hydroxylation sites is 2. The van der Waals surface area contributed by atoms with Crippen LogP contribution < -0.4 is 15.8 Å². The van der Waals surface area contributed by atoms with Crippen LogP contribution in [-0.4, -0.2) is 53.0 Å². The lowest BCUT2D eigenvalue weighted by atomic mass is 9.94. The molecule has 33 heavy (non-hydrogen) atoms. The molecule has 7 nitrogen and oxygen atoms in total. The monoisotopic (exact) mass is 445 g/mol. The van der Waals surface area contributed by atoms with Crippen molar-refractivity contribution < 1.29 is 4.79 Å². The van der Waals surface area contributed by atoms with E-state index in [1.807, 2.05) is 35.2 Å². The number of carbonyl (C=O) groups is 1. The highest BCUT2D eigenvalue weighted by molar-refractivity contribution is 5.79. The summed E-state index contributed by atoms with van der Waals surface area (Å²) in [6, 6.07) is 18.4. The van der Waals surface area contributed by atoms with E-state index in [9.17, 15) is 9.59 Å². The van der Waals surface area contributed by atoms with Gasteiger partial charge in [-0.3, -0.25) is 14.5 Å². The van der Waals surface area contributed by atoms with Crippen LogP contribution in [0, 0.1) is 5.92 Å². The molecule has 2 aliphatic heterocycles. The predicted molar refractivity (Wildman–Crippen MR) is 130 cm³/mol. The number of aromatic nitrogens is 2. The van der Waals surface area contributed by atoms with Crippen LogP contribution in [0.15, 0.2) is 59.4 Å². The first-order valence-electron chi connectivity index (χ1n) is 12.0. The molecule has 0 spiro atoms. The predicted octanol–water partition coefficient (Wildman–Crippen LogP) is 2.92. The fourth-order valence-corrected chi connectivity index (χ4v) is 4.98. The molecule has 2 fully saturated rings. The maximum absolute atomic E-state index is 12.9. The van der Waals surface area contributed by atoms with Crippen LogP contribution in [0.5, 0.6) is 0 Å². The van der Waals surface area contributed by atoms with Gasteiger partial charge in [0.2, 0.25) is 5.91 Å². The van der Waals surface area contributed by atoms with Gasteiger partial charge in [0.25, 0.3) is 5.56 Å². The minimum Gasteiger partial charge on any atom is -0.353 e. The first kappa shape index (κ1) is 21.6. The average Bonchev–Trinajstić information content (AvgIpc) is 2.85. The molecular formula is C26H31N5O2. The number of anilines is 1. The standard InChI is InChI=1S/C26H31N5O2/c32-25(27-21-12-14-30(15-13-21)18-19-6-2-1-3-7-19)20-10-16-31(17-11-20)24-26(33)29-23-9-5-4-8-22(23)28-24/h1-9,20-21H,10-18H2,(H,27,32)(H,29,33). The van der Waals surface area contributed by atoms with Gasteiger partial charge in [0, 0.05) is 44.7 Å². The zero-order valence-corrected chi connectivity index (χ0v) is 18.9. The van der Waals surface area contributed by atoms with E-state index in [1.165, 1.54) is 5.56 Å². The largest absolute Gasteiger partial charge is 0.353 e. The Morgan fingerprint density at radius 2 is 1.64 bits per heavy atom. The number of hydrogen-bond acceptors (Lipinski definition) is 5. The lowest BCUT2D eigenvalue weighted by Gasteiger charge is -2.35. The van der Waals surface area contributed by atoms with Gasteiger partial charge < -0.3 is 15.2 Å². The molecule has 2 saturated heterocycles. The number of amides is 1. The number of piperidine rings is 2. The maximum atomic E-state index is 12.9. The second-order valence-electron chi connectivity index (χ2n) is 9.21. The summed E-state index contributed by atoms with van der Waals surface area (Å²) in [6.07, 6.45) is 3.47. The van der Waals surface area contributed by atoms with Crippen molar-refractivity contribution in [3.05, 3.63) is 70.5 Å². The van der Waals surface area contributed by atoms with E-state index < -0.39 is 0 Å². The smallest absolute Gasteiger partial charge is 0.291 e. The summed E-state index contributed by atoms with van der Waals surface area (Å²) in [4.78, 5) is 37.4. The Labute approximate surface area is 193 Å². The summed E-state index contributed by atoms with van der Waals surface area (Å²) < 4.78 is 0. The number of rotatable bonds is 5. The van der Waals surface area contributed by atoms with Crippen LogP contribution in [0.25, 0.3) is 11.0 Å². The van der Waals surface area contributed by atoms with Crippen LogP contribution in [0.1, 0.15) is 31.2 Å². The maximum Gasteiger partial charge on any atom is 0.291 e. The van der Waals surface area contributed by atoms with Crippen LogP contribution in [-0.2, 0) is 11.3 Å². The highest BCUT2D eigenvalue weighted by Gasteiger charge is 2.29. The molecule has 172 valence electrons. The van der Waals surface area contributed by atoms with Crippen molar-refractivity contribution in [1.82, 2.24) is 20.2 Å². The Morgan fingerprint density at radius 1 is 0.939 bits per heavy atom. The molecule has 0 atom stereocenters. The first-order chi connectivity index (χ1) is 16.2. The molecule has 2 aromatic carbocycles. The quantitative estimate of drug-likeness (QED) is 0.631. The third kappa shape index (κ3) is 5.09. The van der Waals surface area contributed by atoms with Gasteiger partial charge in [-0.05, 0) is 43.4 Å². The molecule has 3 aromatic rings. The highest BCUT2D eigenvalue weighted by atomic mass is 16.2. The number of hydrogen-bond donors (Lipinski definition) is 2. The molecule has 0 aliphatic carbocycles. The highest BCUT2D eigenvalue weighted by Crippen LogP contribution is 2.22. The van der Waals surface area contributed by atoms with E-state index >= 15 is 0 Å². The molecule has 0 unspecified atom stereocenters. The third-order valence-electron chi connectivity index (χ3n) is 6.93. The Morgan fingerprint density at radius 3 is 2.39 bits per heavy atom. The Bertz CT molecular complexity index is 1150. The van der Waals surface area contributed by atoms with Gasteiger partial charge in [-0.25, -0.2) is 4.98 Å². The number of likely N-dealkylation sites (tertiary alicyclic amines) is 1. The lowest BCUT2D eigenvalue weighted by molar-refractivity contribution is -0.126. The minimum absolute atomic E-state index is 0.00290. The van der Waals surface area contributed by atoms with Gasteiger partial charge in [-0.1, -0.05) is 42.5 Å². The van der Waals surface area contributed by atoms with E-state index in [-0.39, 0.29) is 23.4 Å². The fraction of sp³-hybridized carbons (Fsp3) is 0.423. The van der Waals surface area contributed by atoms with Gasteiger partial charge in [-0.15, -0.1) is 0 Å². The van der Waals surface area contributed by atoms with Crippen LogP contribution in [0.2, 0.25) is 0 Å². The number of carbonyl (C=O) groups excluding carboxylic acids is 1. The van der Waals surface area contributed by atoms with E-state index in [2.05, 4.69) is 44.5 Å². The SMILES string of the molecule is O=C(NC1CCN(Cc2ccccc2)CC1)C1CCN(c2nc3ccccc3[nH]c2=O)CC1. The Kier molecular flexibility index (Phi) is 6.39. The van der Waals surface area contributed by atoms with Gasteiger partial charge in [-0.2, -0.15) is 0 Å². The topological polar surface area (TPSA) is 81.3 Å². The molecule has 5 rings (SSSR count). The molecule has 3 heterocycles. The second-order valence-corrected chi connectivity index (χ2v) is 9.21. The molecule has 0 bridgehead atoms. The van der Waals surface area contributed by atoms with Crippen LogP contribution in [0.4, 0.5) is 5.82 Å². The number of fused-ring (bicyclic) bond motifs is 1. The molecule has 2 N–H and O–H groups in total. The van der Waals surface area contributed by atoms with Gasteiger partial charge in [0.05, 0.1) is 11.0 Å². The summed E-state index contributed by atoms with van der Waals surface area (Å²) in [5.74, 6) is 0.623. The van der Waals surface area contributed by atoms with Crippen LogP contribution >= 0.6 is 0 Å². The Balaban J connectivity index is 1.10. The summed E-state index contributed by atoms with van der Waals surface area (Å²) in [7, 11) is 0. The molecule has 7 heteroatoms. The number of H-pyrrole nitrogens is 1. The Hall–Kier alpha value is -3.19. The van der Waals surface area contributed by atoms with Crippen molar-refractivity contribution in [3.8, 4) is 0 Å². The molecule has 0 radical (unpaired) electrons. The summed E-state index contributed by atoms with van der Waals surface area (Å²) in [5, 5.41) is 3.30. The van der Waals surface area contributed by atoms with Crippen molar-refractivity contribution >= 4 is 22.8 Å². The van der Waals surface area contributed by atoms with Crippen molar-refractivity contribution in [2.24, 2.45) is 5.92 Å². The van der Waals surface area contributed by atoms with Crippen molar-refractivity contribution in [3.63, 3.8) is 0 Å². The van der Waals surface area contributed by atoms with E-state index in [0.29, 0.717) is 18.9 Å². The fourth-order valence-electron chi connectivity index (χ4n) is 4.98. The molecular weight excluding hydrogens is 414 g/mol. The number of aromatic amines is 1. The van der Waals surface area contributed by atoms with Gasteiger partial charge in [0.15, 0.2) is 5.82 Å². The normalized spacial score (nSPS) is 18.5. The van der Waals surface area contributed by atoms with E-state index in [4.69, 9.17) is 0 Å². The number of benzene rings is 2. The molecule has 1 amide bonds. The summed E-state index contributed by atoms with van der Waals surface area (Å²) in [6.45, 7) is 4.33. The van der Waals surface area contributed by atoms with Crippen molar-refractivity contribution in [2.45, 2.75) is 38.3 Å². The van der Waals surface area contributed by atoms with Crippen LogP contribution in [0.3, 0.4) is 0 Å². The van der Waals surface area contributed by atoms with Gasteiger partial charge in [0.1, 0.15) is 0 Å². The first-order valence-corrected chi connectivity index (χ1v) is 12.0. The van der Waals surface area contributed by atoms with Crippen molar-refractivity contribution in [2.75, 3.05) is 31.1 Å². The number of nitrogens with one attached hydrogen (secondary N) is 2. The van der Waals surface area contributed by atoms with Crippen molar-refractivity contribution in [1.29, 1.82) is 0 Å². The van der Waals surface area contributed by atoms with E-state index in [1.54, 1.807) is 0 Å². The molecule has 0 saturated carbocycles. The zero-order valence-electron chi connectivity index (χ0n) is 18.9. The number of nitrogens with zero attached hydrogens (tertiary/aromatic N) is 3. The molecule has 1 aromatic heterocycles. The summed E-state index contributed by atoms with van der Waals surface area (Å²) >= 11 is 0.